The molecule has 0 amide bonds. The zero-order valence-electron chi connectivity index (χ0n) is 9.26. The highest BCUT2D eigenvalue weighted by Crippen LogP contribution is 2.27. The summed E-state index contributed by atoms with van der Waals surface area (Å²) in [5, 5.41) is 8.60. The molecule has 1 nitrogen and oxygen atoms in total. The molecule has 1 rings (SSSR count). The Morgan fingerprint density at radius 1 is 1.14 bits per heavy atom. The Kier molecular flexibility index (Phi) is 5.71. The third-order valence-corrected chi connectivity index (χ3v) is 3.03. The summed E-state index contributed by atoms with van der Waals surface area (Å²) in [5.41, 5.74) is 0. The first-order valence-electron chi connectivity index (χ1n) is 5.92. The van der Waals surface area contributed by atoms with Crippen molar-refractivity contribution in [2.45, 2.75) is 51.9 Å². The summed E-state index contributed by atoms with van der Waals surface area (Å²) in [6, 6.07) is 0. The van der Waals surface area contributed by atoms with E-state index in [0.717, 1.165) is 25.2 Å². The second kappa shape index (κ2) is 6.90. The van der Waals surface area contributed by atoms with Crippen molar-refractivity contribution in [3.63, 3.8) is 0 Å². The van der Waals surface area contributed by atoms with Gasteiger partial charge in [-0.2, -0.15) is 0 Å². The van der Waals surface area contributed by atoms with Gasteiger partial charge in [0.2, 0.25) is 0 Å². The molecule has 1 fully saturated rings. The van der Waals surface area contributed by atoms with Crippen LogP contribution in [-0.2, 0) is 0 Å². The Bertz CT molecular complexity index is 191. The van der Waals surface area contributed by atoms with E-state index in [9.17, 15) is 0 Å². The van der Waals surface area contributed by atoms with E-state index in [1.165, 1.54) is 25.7 Å². The van der Waals surface area contributed by atoms with Crippen molar-refractivity contribution in [2.75, 3.05) is 6.61 Å². The van der Waals surface area contributed by atoms with Crippen molar-refractivity contribution in [3.05, 3.63) is 0 Å². The second-order valence-corrected chi connectivity index (χ2v) is 4.46. The van der Waals surface area contributed by atoms with E-state index >= 15 is 0 Å². The van der Waals surface area contributed by atoms with Gasteiger partial charge in [0, 0.05) is 18.9 Å². The molecule has 0 aromatic heterocycles. The first kappa shape index (κ1) is 11.6. The standard InChI is InChI=1S/C13H22O/c1-12-7-9-13(10-8-12)6-4-2-3-5-11-14/h12-14H,2-3,5,7-11H2,1H3. The Balaban J connectivity index is 2.10. The van der Waals surface area contributed by atoms with Crippen molar-refractivity contribution in [1.29, 1.82) is 0 Å². The second-order valence-electron chi connectivity index (χ2n) is 4.46. The number of hydrogen-bond acceptors (Lipinski definition) is 1. The normalized spacial score (nSPS) is 26.7. The van der Waals surface area contributed by atoms with Crippen molar-refractivity contribution >= 4 is 0 Å². The number of rotatable bonds is 3. The van der Waals surface area contributed by atoms with Gasteiger partial charge in [-0.3, -0.25) is 0 Å². The van der Waals surface area contributed by atoms with E-state index in [0.29, 0.717) is 12.5 Å². The third-order valence-electron chi connectivity index (χ3n) is 3.03. The van der Waals surface area contributed by atoms with Crippen LogP contribution < -0.4 is 0 Å². The molecule has 80 valence electrons. The van der Waals surface area contributed by atoms with Crippen LogP contribution in [0.1, 0.15) is 51.9 Å². The smallest absolute Gasteiger partial charge is 0.0431 e. The molecule has 1 aliphatic rings. The Morgan fingerprint density at radius 3 is 2.50 bits per heavy atom. The Morgan fingerprint density at radius 2 is 1.86 bits per heavy atom. The van der Waals surface area contributed by atoms with E-state index in [4.69, 9.17) is 5.11 Å². The summed E-state index contributed by atoms with van der Waals surface area (Å²) in [4.78, 5) is 0. The number of aliphatic hydroxyl groups is 1. The predicted molar refractivity (Wildman–Crippen MR) is 59.8 cm³/mol. The topological polar surface area (TPSA) is 20.2 Å². The van der Waals surface area contributed by atoms with Gasteiger partial charge in [-0.25, -0.2) is 0 Å². The summed E-state index contributed by atoms with van der Waals surface area (Å²) in [6.07, 6.45) is 8.23. The molecular formula is C13H22O. The molecule has 0 aromatic rings. The summed E-state index contributed by atoms with van der Waals surface area (Å²) in [7, 11) is 0. The molecule has 0 radical (unpaired) electrons. The van der Waals surface area contributed by atoms with Gasteiger partial charge in [-0.05, 0) is 44.4 Å². The summed E-state index contributed by atoms with van der Waals surface area (Å²) in [5.74, 6) is 8.20. The minimum Gasteiger partial charge on any atom is -0.396 e. The van der Waals surface area contributed by atoms with E-state index in [2.05, 4.69) is 18.8 Å². The van der Waals surface area contributed by atoms with Crippen LogP contribution in [0.2, 0.25) is 0 Å². The molecule has 1 heteroatoms. The van der Waals surface area contributed by atoms with Crippen LogP contribution in [0.15, 0.2) is 0 Å². The average Bonchev–Trinajstić information content (AvgIpc) is 2.21. The molecule has 0 atom stereocenters. The van der Waals surface area contributed by atoms with Crippen LogP contribution in [0.25, 0.3) is 0 Å². The molecule has 14 heavy (non-hydrogen) atoms. The van der Waals surface area contributed by atoms with Gasteiger partial charge in [0.05, 0.1) is 0 Å². The molecule has 0 heterocycles. The molecule has 0 bridgehead atoms. The minimum absolute atomic E-state index is 0.308. The highest BCUT2D eigenvalue weighted by atomic mass is 16.2. The SMILES string of the molecule is CC1CCC(C#CCCCCO)CC1. The first-order chi connectivity index (χ1) is 6.83. The van der Waals surface area contributed by atoms with Crippen LogP contribution in [0.5, 0.6) is 0 Å². The van der Waals surface area contributed by atoms with Gasteiger partial charge >= 0.3 is 0 Å². The van der Waals surface area contributed by atoms with Gasteiger partial charge in [-0.15, -0.1) is 5.92 Å². The summed E-state index contributed by atoms with van der Waals surface area (Å²) in [6.45, 7) is 2.65. The number of unbranched alkanes of at least 4 members (excludes halogenated alkanes) is 2. The van der Waals surface area contributed by atoms with Gasteiger partial charge in [0.15, 0.2) is 0 Å². The maximum atomic E-state index is 8.60. The monoisotopic (exact) mass is 194 g/mol. The van der Waals surface area contributed by atoms with E-state index < -0.39 is 0 Å². The van der Waals surface area contributed by atoms with Crippen LogP contribution in [0.3, 0.4) is 0 Å². The highest BCUT2D eigenvalue weighted by Gasteiger charge is 2.15. The van der Waals surface area contributed by atoms with Gasteiger partial charge in [-0.1, -0.05) is 12.8 Å². The summed E-state index contributed by atoms with van der Waals surface area (Å²) >= 11 is 0. The Labute approximate surface area is 87.9 Å². The molecule has 0 aliphatic heterocycles. The molecule has 1 N–H and O–H groups in total. The van der Waals surface area contributed by atoms with Gasteiger partial charge in [0.25, 0.3) is 0 Å². The molecule has 1 saturated carbocycles. The van der Waals surface area contributed by atoms with Crippen LogP contribution in [-0.4, -0.2) is 11.7 Å². The first-order valence-corrected chi connectivity index (χ1v) is 5.92. The van der Waals surface area contributed by atoms with Crippen molar-refractivity contribution in [3.8, 4) is 11.8 Å². The highest BCUT2D eigenvalue weighted by molar-refractivity contribution is 5.04. The number of aliphatic hydroxyl groups excluding tert-OH is 1. The fraction of sp³-hybridized carbons (Fsp3) is 0.846. The van der Waals surface area contributed by atoms with E-state index in [-0.39, 0.29) is 0 Å². The zero-order valence-corrected chi connectivity index (χ0v) is 9.26. The maximum absolute atomic E-state index is 8.60. The maximum Gasteiger partial charge on any atom is 0.0431 e. The lowest BCUT2D eigenvalue weighted by Gasteiger charge is -2.21. The largest absolute Gasteiger partial charge is 0.396 e. The molecule has 0 unspecified atom stereocenters. The van der Waals surface area contributed by atoms with E-state index in [1.54, 1.807) is 0 Å². The van der Waals surface area contributed by atoms with Gasteiger partial charge in [0.1, 0.15) is 0 Å². The zero-order chi connectivity index (χ0) is 10.2. The number of hydrogen-bond donors (Lipinski definition) is 1. The molecule has 1 aliphatic carbocycles. The lowest BCUT2D eigenvalue weighted by molar-refractivity contribution is 0.285. The molecule has 0 spiro atoms. The lowest BCUT2D eigenvalue weighted by Crippen LogP contribution is -2.10. The van der Waals surface area contributed by atoms with Crippen molar-refractivity contribution in [1.82, 2.24) is 0 Å². The van der Waals surface area contributed by atoms with Crippen LogP contribution in [0, 0.1) is 23.7 Å². The van der Waals surface area contributed by atoms with Crippen molar-refractivity contribution < 1.29 is 5.11 Å². The van der Waals surface area contributed by atoms with Crippen LogP contribution >= 0.6 is 0 Å². The fourth-order valence-electron chi connectivity index (χ4n) is 1.95. The lowest BCUT2D eigenvalue weighted by atomic mass is 9.83. The van der Waals surface area contributed by atoms with Gasteiger partial charge < -0.3 is 5.11 Å². The molecule has 0 saturated heterocycles. The van der Waals surface area contributed by atoms with Crippen LogP contribution in [0.4, 0.5) is 0 Å². The molecule has 0 aromatic carbocycles. The predicted octanol–water partition coefficient (Wildman–Crippen LogP) is 2.98. The quantitative estimate of drug-likeness (QED) is 0.541. The average molecular weight is 194 g/mol. The fourth-order valence-corrected chi connectivity index (χ4v) is 1.95. The van der Waals surface area contributed by atoms with Crippen molar-refractivity contribution in [2.24, 2.45) is 11.8 Å². The summed E-state index contributed by atoms with van der Waals surface area (Å²) < 4.78 is 0. The minimum atomic E-state index is 0.308. The van der Waals surface area contributed by atoms with E-state index in [1.807, 2.05) is 0 Å². The third kappa shape index (κ3) is 4.67. The molecular weight excluding hydrogens is 172 g/mol. The Hall–Kier alpha value is -0.480.